The van der Waals surface area contributed by atoms with Crippen molar-refractivity contribution in [2.45, 2.75) is 30.7 Å². The van der Waals surface area contributed by atoms with Crippen LogP contribution in [0.5, 0.6) is 5.75 Å². The van der Waals surface area contributed by atoms with Gasteiger partial charge < -0.3 is 40.5 Å². The molecule has 14 heteroatoms. The zero-order chi connectivity index (χ0) is 26.7. The number of aliphatic hydroxyl groups excluding tert-OH is 4. The monoisotopic (exact) mass is 535 g/mol. The Balaban J connectivity index is 1.55. The van der Waals surface area contributed by atoms with Gasteiger partial charge in [0.1, 0.15) is 30.2 Å². The number of hydrogen-bond donors (Lipinski definition) is 6. The van der Waals surface area contributed by atoms with Crippen LogP contribution in [0.4, 0.5) is 15.9 Å². The molecular weight excluding hydrogens is 513 g/mol. The van der Waals surface area contributed by atoms with E-state index in [1.807, 2.05) is 0 Å². The number of anilines is 2. The van der Waals surface area contributed by atoms with Gasteiger partial charge in [-0.2, -0.15) is 0 Å². The number of ether oxygens (including phenoxy) is 2. The lowest BCUT2D eigenvalue weighted by Crippen LogP contribution is -2.60. The van der Waals surface area contributed by atoms with E-state index in [-0.39, 0.29) is 40.8 Å². The molecule has 12 nitrogen and oxygen atoms in total. The Morgan fingerprint density at radius 3 is 2.70 bits per heavy atom. The van der Waals surface area contributed by atoms with Gasteiger partial charge in [0.2, 0.25) is 0 Å². The molecule has 37 heavy (non-hydrogen) atoms. The maximum Gasteiger partial charge on any atom is 0.255 e. The van der Waals surface area contributed by atoms with E-state index in [0.29, 0.717) is 5.02 Å². The minimum atomic E-state index is -1.74. The Labute approximate surface area is 214 Å². The molecule has 1 aliphatic heterocycles. The molecule has 4 rings (SSSR count). The van der Waals surface area contributed by atoms with Crippen molar-refractivity contribution in [3.05, 3.63) is 59.3 Å². The van der Waals surface area contributed by atoms with Crippen molar-refractivity contribution in [2.75, 3.05) is 19.0 Å². The van der Waals surface area contributed by atoms with E-state index in [1.54, 1.807) is 0 Å². The summed E-state index contributed by atoms with van der Waals surface area (Å²) in [5.74, 6) is -0.880. The highest BCUT2D eigenvalue weighted by molar-refractivity contribution is 6.30. The van der Waals surface area contributed by atoms with E-state index in [9.17, 15) is 29.6 Å². The third kappa shape index (κ3) is 5.77. The maximum absolute atomic E-state index is 14.4. The number of aliphatic hydroxyl groups is 4. The fourth-order valence-electron chi connectivity index (χ4n) is 3.61. The van der Waals surface area contributed by atoms with E-state index < -0.39 is 42.4 Å². The van der Waals surface area contributed by atoms with Gasteiger partial charge in [-0.25, -0.2) is 14.4 Å². The van der Waals surface area contributed by atoms with Crippen LogP contribution >= 0.6 is 11.6 Å². The summed E-state index contributed by atoms with van der Waals surface area (Å²) in [6, 6.07) is 5.45. The third-order valence-electron chi connectivity index (χ3n) is 5.61. The molecule has 2 aromatic heterocycles. The van der Waals surface area contributed by atoms with Crippen molar-refractivity contribution in [1.82, 2.24) is 20.3 Å². The van der Waals surface area contributed by atoms with E-state index in [4.69, 9.17) is 21.1 Å². The van der Waals surface area contributed by atoms with Gasteiger partial charge >= 0.3 is 0 Å². The maximum atomic E-state index is 14.4. The van der Waals surface area contributed by atoms with Gasteiger partial charge in [0.15, 0.2) is 23.7 Å². The predicted octanol–water partition coefficient (Wildman–Crippen LogP) is 0.613. The van der Waals surface area contributed by atoms with Crippen molar-refractivity contribution in [3.8, 4) is 17.1 Å². The van der Waals surface area contributed by atoms with Crippen LogP contribution in [0.2, 0.25) is 5.02 Å². The third-order valence-corrected chi connectivity index (χ3v) is 5.85. The lowest BCUT2D eigenvalue weighted by atomic mass is 9.99. The molecule has 1 aromatic carbocycles. The number of benzene rings is 1. The number of carbonyl (C=O) groups is 1. The summed E-state index contributed by atoms with van der Waals surface area (Å²) >= 11 is 5.99. The second kappa shape index (κ2) is 11.3. The fourth-order valence-corrected chi connectivity index (χ4v) is 3.78. The molecule has 0 bridgehead atoms. The van der Waals surface area contributed by atoms with Crippen LogP contribution in [0.25, 0.3) is 11.4 Å². The number of halogens is 2. The molecule has 0 radical (unpaired) electrons. The summed E-state index contributed by atoms with van der Waals surface area (Å²) in [5.41, 5.74) is 0.374. The quantitative estimate of drug-likeness (QED) is 0.249. The van der Waals surface area contributed by atoms with Crippen molar-refractivity contribution < 1.29 is 39.1 Å². The van der Waals surface area contributed by atoms with Crippen LogP contribution in [0.1, 0.15) is 10.4 Å². The van der Waals surface area contributed by atoms with Gasteiger partial charge in [-0.1, -0.05) is 11.6 Å². The molecule has 1 saturated heterocycles. The summed E-state index contributed by atoms with van der Waals surface area (Å²) in [6.07, 6.45) is -3.81. The molecule has 1 amide bonds. The molecule has 6 N–H and O–H groups in total. The van der Waals surface area contributed by atoms with E-state index in [2.05, 4.69) is 25.6 Å². The van der Waals surface area contributed by atoms with Gasteiger partial charge in [0, 0.05) is 24.0 Å². The van der Waals surface area contributed by atoms with Gasteiger partial charge in [-0.15, -0.1) is 0 Å². The predicted molar refractivity (Wildman–Crippen MR) is 128 cm³/mol. The first-order valence-corrected chi connectivity index (χ1v) is 11.3. The lowest BCUT2D eigenvalue weighted by Gasteiger charge is -2.38. The summed E-state index contributed by atoms with van der Waals surface area (Å²) in [6.45, 7) is -0.301. The molecule has 1 unspecified atom stereocenters. The molecule has 1 aliphatic rings. The number of nitrogens with zero attached hydrogens (tertiary/aromatic N) is 3. The molecule has 3 heterocycles. The van der Waals surface area contributed by atoms with Crippen LogP contribution in [-0.2, 0) is 4.74 Å². The zero-order valence-corrected chi connectivity index (χ0v) is 20.0. The minimum absolute atomic E-state index is 0.0195. The van der Waals surface area contributed by atoms with Crippen LogP contribution in [0.3, 0.4) is 0 Å². The second-order valence-electron chi connectivity index (χ2n) is 8.03. The van der Waals surface area contributed by atoms with Crippen LogP contribution < -0.4 is 15.4 Å². The van der Waals surface area contributed by atoms with Crippen molar-refractivity contribution >= 4 is 29.0 Å². The topological polar surface area (TPSA) is 179 Å². The molecule has 0 aliphatic carbocycles. The zero-order valence-electron chi connectivity index (χ0n) is 19.2. The summed E-state index contributed by atoms with van der Waals surface area (Å²) in [5, 5.41) is 45.0. The molecule has 0 saturated carbocycles. The van der Waals surface area contributed by atoms with Crippen LogP contribution in [0.15, 0.2) is 42.9 Å². The summed E-state index contributed by atoms with van der Waals surface area (Å²) in [7, 11) is 1.39. The molecular formula is C23H23ClFN5O7. The number of amides is 1. The largest absolute Gasteiger partial charge is 0.491 e. The first-order valence-electron chi connectivity index (χ1n) is 10.9. The normalized spacial score (nSPS) is 23.4. The minimum Gasteiger partial charge on any atom is -0.491 e. The van der Waals surface area contributed by atoms with Crippen LogP contribution in [-0.4, -0.2) is 85.6 Å². The van der Waals surface area contributed by atoms with Gasteiger partial charge in [0.25, 0.3) is 5.91 Å². The molecule has 5 atom stereocenters. The average Bonchev–Trinajstić information content (AvgIpc) is 2.90. The molecule has 3 aromatic rings. The Bertz CT molecular complexity index is 1290. The number of pyridine rings is 1. The number of hydrogen-bond acceptors (Lipinski definition) is 11. The van der Waals surface area contributed by atoms with E-state index >= 15 is 0 Å². The first kappa shape index (κ1) is 26.6. The number of carbonyl (C=O) groups excluding carboxylic acids is 1. The Hall–Kier alpha value is -3.46. The highest BCUT2D eigenvalue weighted by Crippen LogP contribution is 2.30. The lowest BCUT2D eigenvalue weighted by molar-refractivity contribution is -0.279. The van der Waals surface area contributed by atoms with Gasteiger partial charge in [-0.05, 0) is 24.3 Å². The Morgan fingerprint density at radius 1 is 1.16 bits per heavy atom. The average molecular weight is 536 g/mol. The molecule has 0 spiro atoms. The van der Waals surface area contributed by atoms with Crippen LogP contribution in [0, 0.1) is 5.82 Å². The SMILES string of the molecule is COc1cnc(-c2cc(Cl)ccc2F)nc1Nc1ccncc1C(=O)NCC1O[C@@H](O)[C@H](O)[C@@H](O)[C@@H]1O. The van der Waals surface area contributed by atoms with E-state index in [0.717, 1.165) is 0 Å². The Kier molecular flexibility index (Phi) is 8.12. The first-order chi connectivity index (χ1) is 17.7. The Morgan fingerprint density at radius 2 is 1.95 bits per heavy atom. The number of methoxy groups -OCH3 is 1. The number of aromatic nitrogens is 3. The van der Waals surface area contributed by atoms with Gasteiger partial charge in [0.05, 0.1) is 30.1 Å². The standard InChI is InChI=1S/C23H23ClFN5O7/c1-36-16-9-27-20(11-6-10(24)2-3-13(11)25)30-21(16)29-14-4-5-26-7-12(14)22(34)28-8-15-17(31)18(32)19(33)23(35)37-15/h2-7,9,15,17-19,23,31-33,35H,8H2,1H3,(H,28,34)(H,26,27,29,30)/t15?,17-,18+,19-,23-/m1/s1. The highest BCUT2D eigenvalue weighted by Gasteiger charge is 2.43. The molecule has 1 fully saturated rings. The van der Waals surface area contributed by atoms with Crippen molar-refractivity contribution in [3.63, 3.8) is 0 Å². The van der Waals surface area contributed by atoms with E-state index in [1.165, 1.54) is 50.0 Å². The fraction of sp³-hybridized carbons (Fsp3) is 0.304. The summed E-state index contributed by atoms with van der Waals surface area (Å²) in [4.78, 5) is 25.3. The highest BCUT2D eigenvalue weighted by atomic mass is 35.5. The van der Waals surface area contributed by atoms with Crippen molar-refractivity contribution in [2.24, 2.45) is 0 Å². The number of rotatable bonds is 7. The van der Waals surface area contributed by atoms with Gasteiger partial charge in [-0.3, -0.25) is 9.78 Å². The number of nitrogens with one attached hydrogen (secondary N) is 2. The second-order valence-corrected chi connectivity index (χ2v) is 8.46. The summed E-state index contributed by atoms with van der Waals surface area (Å²) < 4.78 is 24.7. The van der Waals surface area contributed by atoms with Crippen molar-refractivity contribution in [1.29, 1.82) is 0 Å². The smallest absolute Gasteiger partial charge is 0.255 e. The molecule has 196 valence electrons.